The maximum atomic E-state index is 12.8. The van der Waals surface area contributed by atoms with Gasteiger partial charge in [0.25, 0.3) is 5.91 Å². The predicted octanol–water partition coefficient (Wildman–Crippen LogP) is 2.94. The van der Waals surface area contributed by atoms with Crippen molar-refractivity contribution in [2.75, 3.05) is 7.05 Å². The Hall–Kier alpha value is -2.95. The zero-order chi connectivity index (χ0) is 16.7. The lowest BCUT2D eigenvalue weighted by Gasteiger charge is -2.02. The number of amides is 1. The van der Waals surface area contributed by atoms with Crippen LogP contribution in [-0.4, -0.2) is 18.9 Å². The van der Waals surface area contributed by atoms with Crippen LogP contribution in [0.5, 0.6) is 0 Å². The van der Waals surface area contributed by atoms with Crippen LogP contribution in [0.3, 0.4) is 0 Å². The Morgan fingerprint density at radius 2 is 1.74 bits per heavy atom. The quantitative estimate of drug-likeness (QED) is 0.682. The summed E-state index contributed by atoms with van der Waals surface area (Å²) in [6.07, 6.45) is 2.90. The molecule has 2 aromatic carbocycles. The Kier molecular flexibility index (Phi) is 5.63. The molecule has 0 aromatic heterocycles. The first-order chi connectivity index (χ1) is 11.1. The molecule has 2 rings (SSSR count). The van der Waals surface area contributed by atoms with Gasteiger partial charge in [-0.1, -0.05) is 24.3 Å². The van der Waals surface area contributed by atoms with Crippen molar-refractivity contribution >= 4 is 18.0 Å². The van der Waals surface area contributed by atoms with Crippen molar-refractivity contribution in [3.05, 3.63) is 77.1 Å². The number of carbonyl (C=O) groups is 2. The van der Waals surface area contributed by atoms with E-state index in [-0.39, 0.29) is 18.3 Å². The van der Waals surface area contributed by atoms with Gasteiger partial charge in [-0.25, -0.2) is 9.18 Å². The van der Waals surface area contributed by atoms with Crippen molar-refractivity contribution in [1.29, 1.82) is 0 Å². The lowest BCUT2D eigenvalue weighted by Crippen LogP contribution is -2.17. The number of ether oxygens (including phenoxy) is 1. The molecule has 0 aliphatic carbocycles. The molecular weight excluding hydrogens is 297 g/mol. The largest absolute Gasteiger partial charge is 0.458 e. The third-order valence-corrected chi connectivity index (χ3v) is 3.11. The molecular formula is C18H16FNO3. The van der Waals surface area contributed by atoms with Crippen LogP contribution in [0.25, 0.3) is 6.08 Å². The highest BCUT2D eigenvalue weighted by Gasteiger charge is 2.02. The molecule has 23 heavy (non-hydrogen) atoms. The molecule has 0 saturated heterocycles. The maximum Gasteiger partial charge on any atom is 0.331 e. The van der Waals surface area contributed by atoms with Crippen LogP contribution in [0.1, 0.15) is 21.5 Å². The zero-order valence-electron chi connectivity index (χ0n) is 12.6. The number of hydrogen-bond donors (Lipinski definition) is 1. The summed E-state index contributed by atoms with van der Waals surface area (Å²) < 4.78 is 17.8. The fourth-order valence-corrected chi connectivity index (χ4v) is 1.84. The SMILES string of the molecule is CNC(=O)c1ccc(/C=C/C(=O)OCc2ccc(F)cc2)cc1. The minimum atomic E-state index is -0.496. The standard InChI is InChI=1S/C18H16FNO3/c1-20-18(22)15-7-2-13(3-8-15)6-11-17(21)23-12-14-4-9-16(19)10-5-14/h2-11H,12H2,1H3,(H,20,22)/b11-6+. The molecule has 0 fully saturated rings. The molecule has 4 nitrogen and oxygen atoms in total. The van der Waals surface area contributed by atoms with Crippen LogP contribution in [0.15, 0.2) is 54.6 Å². The smallest absolute Gasteiger partial charge is 0.331 e. The molecule has 0 atom stereocenters. The van der Waals surface area contributed by atoms with Crippen LogP contribution in [0, 0.1) is 5.82 Å². The van der Waals surface area contributed by atoms with E-state index in [0.717, 1.165) is 5.56 Å². The first-order valence-electron chi connectivity index (χ1n) is 7.00. The van der Waals surface area contributed by atoms with Gasteiger partial charge >= 0.3 is 5.97 Å². The summed E-state index contributed by atoms with van der Waals surface area (Å²) in [7, 11) is 1.56. The third kappa shape index (κ3) is 5.07. The van der Waals surface area contributed by atoms with Gasteiger partial charge in [0, 0.05) is 18.7 Å². The second-order valence-corrected chi connectivity index (χ2v) is 4.77. The summed E-state index contributed by atoms with van der Waals surface area (Å²) in [5.74, 6) is -0.996. The molecule has 0 bridgehead atoms. The Morgan fingerprint density at radius 1 is 1.09 bits per heavy atom. The van der Waals surface area contributed by atoms with Crippen LogP contribution >= 0.6 is 0 Å². The molecule has 2 aromatic rings. The van der Waals surface area contributed by atoms with Crippen LogP contribution in [0.4, 0.5) is 4.39 Å². The van der Waals surface area contributed by atoms with E-state index < -0.39 is 5.97 Å². The number of hydrogen-bond acceptors (Lipinski definition) is 3. The number of rotatable bonds is 5. The summed E-state index contributed by atoms with van der Waals surface area (Å²) in [5, 5.41) is 2.53. The highest BCUT2D eigenvalue weighted by molar-refractivity contribution is 5.94. The maximum absolute atomic E-state index is 12.8. The highest BCUT2D eigenvalue weighted by Crippen LogP contribution is 2.08. The number of esters is 1. The number of carbonyl (C=O) groups excluding carboxylic acids is 2. The second kappa shape index (κ2) is 7.89. The lowest BCUT2D eigenvalue weighted by molar-refractivity contribution is -0.138. The molecule has 1 N–H and O–H groups in total. The summed E-state index contributed by atoms with van der Waals surface area (Å²) in [5.41, 5.74) is 2.03. The molecule has 0 saturated carbocycles. The minimum absolute atomic E-state index is 0.0824. The topological polar surface area (TPSA) is 55.4 Å². The average Bonchev–Trinajstić information content (AvgIpc) is 2.59. The number of benzene rings is 2. The summed E-state index contributed by atoms with van der Waals surface area (Å²) >= 11 is 0. The molecule has 0 radical (unpaired) electrons. The van der Waals surface area contributed by atoms with Crippen molar-refractivity contribution in [3.8, 4) is 0 Å². The van der Waals surface area contributed by atoms with Crippen molar-refractivity contribution in [2.24, 2.45) is 0 Å². The van der Waals surface area contributed by atoms with Crippen molar-refractivity contribution < 1.29 is 18.7 Å². The Morgan fingerprint density at radius 3 is 2.35 bits per heavy atom. The summed E-state index contributed by atoms with van der Waals surface area (Å²) in [6, 6.07) is 12.5. The first-order valence-corrected chi connectivity index (χ1v) is 7.00. The van der Waals surface area contributed by atoms with Crippen molar-refractivity contribution in [2.45, 2.75) is 6.61 Å². The predicted molar refractivity (Wildman–Crippen MR) is 85.1 cm³/mol. The Bertz CT molecular complexity index is 706. The molecule has 0 heterocycles. The second-order valence-electron chi connectivity index (χ2n) is 4.77. The van der Waals surface area contributed by atoms with Crippen LogP contribution < -0.4 is 5.32 Å². The van der Waals surface area contributed by atoms with Gasteiger partial charge in [0.15, 0.2) is 0 Å². The fraction of sp³-hybridized carbons (Fsp3) is 0.111. The third-order valence-electron chi connectivity index (χ3n) is 3.11. The molecule has 0 spiro atoms. The number of halogens is 1. The molecule has 5 heteroatoms. The fourth-order valence-electron chi connectivity index (χ4n) is 1.84. The molecule has 0 aliphatic rings. The molecule has 0 unspecified atom stereocenters. The van der Waals surface area contributed by atoms with Gasteiger partial charge in [-0.3, -0.25) is 4.79 Å². The molecule has 118 valence electrons. The van der Waals surface area contributed by atoms with Gasteiger partial charge in [0.1, 0.15) is 12.4 Å². The lowest BCUT2D eigenvalue weighted by atomic mass is 10.1. The van der Waals surface area contributed by atoms with E-state index >= 15 is 0 Å². The van der Waals surface area contributed by atoms with Crippen LogP contribution in [0.2, 0.25) is 0 Å². The van der Waals surface area contributed by atoms with Gasteiger partial charge in [-0.15, -0.1) is 0 Å². The highest BCUT2D eigenvalue weighted by atomic mass is 19.1. The van der Waals surface area contributed by atoms with Gasteiger partial charge < -0.3 is 10.1 Å². The summed E-state index contributed by atoms with van der Waals surface area (Å²) in [6.45, 7) is 0.0824. The van der Waals surface area contributed by atoms with E-state index in [1.165, 1.54) is 18.2 Å². The summed E-state index contributed by atoms with van der Waals surface area (Å²) in [4.78, 5) is 23.0. The van der Waals surface area contributed by atoms with E-state index in [1.807, 2.05) is 0 Å². The van der Waals surface area contributed by atoms with Crippen molar-refractivity contribution in [1.82, 2.24) is 5.32 Å². The number of nitrogens with one attached hydrogen (secondary N) is 1. The Balaban J connectivity index is 1.88. The first kappa shape index (κ1) is 16.4. The average molecular weight is 313 g/mol. The van der Waals surface area contributed by atoms with E-state index in [2.05, 4.69) is 5.32 Å². The van der Waals surface area contributed by atoms with E-state index in [0.29, 0.717) is 11.1 Å². The van der Waals surface area contributed by atoms with Crippen molar-refractivity contribution in [3.63, 3.8) is 0 Å². The minimum Gasteiger partial charge on any atom is -0.458 e. The van der Waals surface area contributed by atoms with Gasteiger partial charge in [0.2, 0.25) is 0 Å². The van der Waals surface area contributed by atoms with Gasteiger partial charge in [0.05, 0.1) is 0 Å². The zero-order valence-corrected chi connectivity index (χ0v) is 12.6. The van der Waals surface area contributed by atoms with Crippen LogP contribution in [-0.2, 0) is 16.1 Å². The normalized spacial score (nSPS) is 10.5. The van der Waals surface area contributed by atoms with E-state index in [4.69, 9.17) is 4.74 Å². The van der Waals surface area contributed by atoms with Gasteiger partial charge in [-0.05, 0) is 41.5 Å². The van der Waals surface area contributed by atoms with E-state index in [9.17, 15) is 14.0 Å². The monoisotopic (exact) mass is 313 g/mol. The Labute approximate surface area is 133 Å². The van der Waals surface area contributed by atoms with E-state index in [1.54, 1.807) is 49.5 Å². The molecule has 0 aliphatic heterocycles. The molecule has 1 amide bonds. The van der Waals surface area contributed by atoms with Gasteiger partial charge in [-0.2, -0.15) is 0 Å².